The number of anilines is 1. The van der Waals surface area contributed by atoms with Gasteiger partial charge in [0.05, 0.1) is 34.6 Å². The fourth-order valence-electron chi connectivity index (χ4n) is 3.78. The number of aryl methyl sites for hydroxylation is 1. The molecule has 0 aliphatic heterocycles. The average molecular weight is 436 g/mol. The van der Waals surface area contributed by atoms with Crippen molar-refractivity contribution in [1.29, 1.82) is 0 Å². The number of fused-ring (bicyclic) bond motifs is 1. The van der Waals surface area contributed by atoms with Gasteiger partial charge >= 0.3 is 0 Å². The van der Waals surface area contributed by atoms with Gasteiger partial charge in [-0.1, -0.05) is 11.6 Å². The quantitative estimate of drug-likeness (QED) is 0.560. The van der Waals surface area contributed by atoms with Crippen molar-refractivity contribution in [2.24, 2.45) is 0 Å². The van der Waals surface area contributed by atoms with Crippen molar-refractivity contribution in [2.45, 2.75) is 64.7 Å². The summed E-state index contributed by atoms with van der Waals surface area (Å²) < 4.78 is 16.4. The number of rotatable bonds is 2. The van der Waals surface area contributed by atoms with Gasteiger partial charge in [-0.25, -0.2) is 19.3 Å². The minimum atomic E-state index is -0.414. The number of hydrogen-bond acceptors (Lipinski definition) is 6. The van der Waals surface area contributed by atoms with E-state index in [0.29, 0.717) is 33.7 Å². The van der Waals surface area contributed by atoms with Crippen molar-refractivity contribution >= 4 is 28.6 Å². The van der Waals surface area contributed by atoms with Gasteiger partial charge in [0.1, 0.15) is 11.3 Å². The molecule has 162 valence electrons. The monoisotopic (exact) mass is 435 g/mol. The number of aliphatic hydroxyl groups excluding tert-OH is 2. The molecule has 0 amide bonds. The van der Waals surface area contributed by atoms with Gasteiger partial charge in [-0.15, -0.1) is 0 Å². The Morgan fingerprint density at radius 2 is 1.87 bits per heavy atom. The first-order valence-electron chi connectivity index (χ1n) is 10.00. The Morgan fingerprint density at radius 1 is 1.20 bits per heavy atom. The zero-order chi connectivity index (χ0) is 22.0. The maximum atomic E-state index is 14.4. The molecule has 1 aromatic carbocycles. The van der Waals surface area contributed by atoms with Gasteiger partial charge in [-0.05, 0) is 58.6 Å². The molecule has 2 atom stereocenters. The summed E-state index contributed by atoms with van der Waals surface area (Å²) in [6.45, 7) is 5.90. The number of benzene rings is 1. The number of imidazole rings is 1. The highest BCUT2D eigenvalue weighted by Crippen LogP contribution is 2.31. The van der Waals surface area contributed by atoms with Crippen LogP contribution in [0.3, 0.4) is 0 Å². The van der Waals surface area contributed by atoms with E-state index < -0.39 is 5.82 Å². The minimum absolute atomic E-state index is 0.0912. The van der Waals surface area contributed by atoms with E-state index in [2.05, 4.69) is 15.0 Å². The Bertz CT molecular complexity index is 1030. The van der Waals surface area contributed by atoms with Crippen molar-refractivity contribution in [3.63, 3.8) is 0 Å². The van der Waals surface area contributed by atoms with Crippen LogP contribution in [-0.4, -0.2) is 41.9 Å². The van der Waals surface area contributed by atoms with E-state index >= 15 is 0 Å². The number of nitrogens with zero attached hydrogens (tertiary/aromatic N) is 4. The highest BCUT2D eigenvalue weighted by molar-refractivity contribution is 6.33. The molecule has 0 saturated heterocycles. The molecule has 1 fully saturated rings. The van der Waals surface area contributed by atoms with E-state index in [1.807, 2.05) is 31.4 Å². The van der Waals surface area contributed by atoms with Gasteiger partial charge in [-0.3, -0.25) is 0 Å². The number of aromatic nitrogens is 4. The molecule has 3 aromatic rings. The summed E-state index contributed by atoms with van der Waals surface area (Å²) in [5.74, 6) is 0.436. The second-order valence-corrected chi connectivity index (χ2v) is 8.25. The predicted molar refractivity (Wildman–Crippen MR) is 116 cm³/mol. The summed E-state index contributed by atoms with van der Waals surface area (Å²) in [4.78, 5) is 12.2. The van der Waals surface area contributed by atoms with Crippen molar-refractivity contribution in [2.75, 3.05) is 5.73 Å². The Morgan fingerprint density at radius 3 is 2.43 bits per heavy atom. The summed E-state index contributed by atoms with van der Waals surface area (Å²) in [6.07, 6.45) is 4.24. The second-order valence-electron chi connectivity index (χ2n) is 7.85. The van der Waals surface area contributed by atoms with Crippen molar-refractivity contribution in [3.05, 3.63) is 35.0 Å². The van der Waals surface area contributed by atoms with E-state index in [1.165, 1.54) is 12.3 Å². The summed E-state index contributed by atoms with van der Waals surface area (Å²) in [7, 11) is 0. The number of halogens is 2. The van der Waals surface area contributed by atoms with E-state index in [-0.39, 0.29) is 24.2 Å². The smallest absolute Gasteiger partial charge is 0.220 e. The topological polar surface area (TPSA) is 110 Å². The molecule has 4 N–H and O–H groups in total. The maximum Gasteiger partial charge on any atom is 0.220 e. The predicted octanol–water partition coefficient (Wildman–Crippen LogP) is 4.04. The van der Waals surface area contributed by atoms with Gasteiger partial charge in [0.25, 0.3) is 0 Å². The lowest BCUT2D eigenvalue weighted by atomic mass is 9.95. The first kappa shape index (κ1) is 22.4. The van der Waals surface area contributed by atoms with E-state index in [0.717, 1.165) is 25.1 Å². The molecule has 2 heterocycles. The third-order valence-electron chi connectivity index (χ3n) is 5.10. The fourth-order valence-corrected chi connectivity index (χ4v) is 3.98. The lowest BCUT2D eigenvalue weighted by Crippen LogP contribution is -2.22. The van der Waals surface area contributed by atoms with E-state index in [9.17, 15) is 4.39 Å². The highest BCUT2D eigenvalue weighted by Gasteiger charge is 2.18. The van der Waals surface area contributed by atoms with Gasteiger partial charge in [0, 0.05) is 11.6 Å². The van der Waals surface area contributed by atoms with Crippen LogP contribution in [0.4, 0.5) is 10.3 Å². The van der Waals surface area contributed by atoms with E-state index in [4.69, 9.17) is 27.5 Å². The first-order valence-corrected chi connectivity index (χ1v) is 10.4. The molecular weight excluding hydrogens is 409 g/mol. The number of hydrogen-bond donors (Lipinski definition) is 3. The summed E-state index contributed by atoms with van der Waals surface area (Å²) in [5, 5.41) is 18.2. The zero-order valence-corrected chi connectivity index (χ0v) is 18.1. The molecule has 9 heteroatoms. The molecule has 30 heavy (non-hydrogen) atoms. The van der Waals surface area contributed by atoms with Crippen molar-refractivity contribution < 1.29 is 14.6 Å². The normalized spacial score (nSPS) is 19.1. The summed E-state index contributed by atoms with van der Waals surface area (Å²) in [6, 6.07) is 3.35. The second kappa shape index (κ2) is 9.24. The summed E-state index contributed by atoms with van der Waals surface area (Å²) >= 11 is 6.12. The molecule has 7 nitrogen and oxygen atoms in total. The minimum Gasteiger partial charge on any atom is -0.393 e. The van der Waals surface area contributed by atoms with Gasteiger partial charge < -0.3 is 20.5 Å². The van der Waals surface area contributed by atoms with Gasteiger partial charge in [-0.2, -0.15) is 0 Å². The zero-order valence-electron chi connectivity index (χ0n) is 17.3. The lowest BCUT2D eigenvalue weighted by molar-refractivity contribution is 0.0406. The van der Waals surface area contributed by atoms with Crippen LogP contribution in [0.15, 0.2) is 18.3 Å². The number of nitrogens with two attached hydrogens (primary N) is 1. The lowest BCUT2D eigenvalue weighted by Gasteiger charge is -2.20. The molecule has 4 rings (SSSR count). The SMILES string of the molecule is Cc1nc2c(F)cc(-c3nc(N)ncc3Cl)cc2n1C(C)C.OC1CCCC(O)C1. The Hall–Kier alpha value is -2.29. The number of nitrogen functional groups attached to an aromatic ring is 1. The largest absolute Gasteiger partial charge is 0.393 e. The van der Waals surface area contributed by atoms with Crippen LogP contribution in [0.5, 0.6) is 0 Å². The van der Waals surface area contributed by atoms with Crippen LogP contribution in [0, 0.1) is 12.7 Å². The summed E-state index contributed by atoms with van der Waals surface area (Å²) in [5.41, 5.74) is 7.60. The fraction of sp³-hybridized carbons (Fsp3) is 0.476. The highest BCUT2D eigenvalue weighted by atomic mass is 35.5. The molecule has 1 aliphatic carbocycles. The maximum absolute atomic E-state index is 14.4. The molecule has 0 bridgehead atoms. The Kier molecular flexibility index (Phi) is 6.90. The van der Waals surface area contributed by atoms with Gasteiger partial charge in [0.15, 0.2) is 5.82 Å². The first-order chi connectivity index (χ1) is 14.2. The third kappa shape index (κ3) is 4.88. The third-order valence-corrected chi connectivity index (χ3v) is 5.37. The van der Waals surface area contributed by atoms with Crippen molar-refractivity contribution in [1.82, 2.24) is 19.5 Å². The average Bonchev–Trinajstić information content (AvgIpc) is 3.00. The van der Waals surface area contributed by atoms with Crippen LogP contribution in [0.1, 0.15) is 51.4 Å². The molecule has 0 spiro atoms. The van der Waals surface area contributed by atoms with E-state index in [1.54, 1.807) is 0 Å². The van der Waals surface area contributed by atoms with Crippen LogP contribution in [0.2, 0.25) is 5.02 Å². The Balaban J connectivity index is 0.000000269. The number of aliphatic hydroxyl groups is 2. The molecular formula is C21H27ClFN5O2. The van der Waals surface area contributed by atoms with Crippen LogP contribution in [0.25, 0.3) is 22.3 Å². The van der Waals surface area contributed by atoms with Crippen molar-refractivity contribution in [3.8, 4) is 11.3 Å². The van der Waals surface area contributed by atoms with Crippen LogP contribution in [-0.2, 0) is 0 Å². The Labute approximate surface area is 179 Å². The molecule has 2 aromatic heterocycles. The molecule has 2 unspecified atom stereocenters. The molecule has 1 aliphatic rings. The standard InChI is InChI=1S/C15H15ClFN5.C6H12O2/c1-7(2)22-8(3)20-14-11(17)4-9(5-12(14)22)13-10(16)6-19-15(18)21-13;7-5-2-1-3-6(8)4-5/h4-7H,1-3H3,(H2,18,19,21);5-8H,1-4H2. The van der Waals surface area contributed by atoms with Crippen LogP contribution < -0.4 is 5.73 Å². The molecule has 1 saturated carbocycles. The van der Waals surface area contributed by atoms with Gasteiger partial charge in [0.2, 0.25) is 5.95 Å². The molecule has 0 radical (unpaired) electrons. The van der Waals surface area contributed by atoms with Crippen LogP contribution >= 0.6 is 11.6 Å².